The first-order valence-electron chi connectivity index (χ1n) is 7.56. The standard InChI is InChI=1S/C16H25NO3S/c1-11(2)14-10-16(12(3)9-15(14)20-4)21(18,19)17-13-7-5-6-8-13/h9-11,13,17H,5-8H2,1-4H3. The van der Waals surface area contributed by atoms with Gasteiger partial charge in [-0.1, -0.05) is 26.7 Å². The lowest BCUT2D eigenvalue weighted by atomic mass is 10.0. The topological polar surface area (TPSA) is 55.4 Å². The van der Waals surface area contributed by atoms with E-state index in [0.717, 1.165) is 42.6 Å². The van der Waals surface area contributed by atoms with Crippen LogP contribution in [0.1, 0.15) is 56.6 Å². The van der Waals surface area contributed by atoms with Crippen LogP contribution in [0.15, 0.2) is 17.0 Å². The van der Waals surface area contributed by atoms with E-state index in [2.05, 4.69) is 4.72 Å². The third kappa shape index (κ3) is 3.58. The second-order valence-electron chi connectivity index (χ2n) is 6.12. The minimum Gasteiger partial charge on any atom is -0.496 e. The fourth-order valence-electron chi connectivity index (χ4n) is 2.92. The van der Waals surface area contributed by atoms with E-state index in [1.807, 2.05) is 26.8 Å². The zero-order chi connectivity index (χ0) is 15.6. The Kier molecular flexibility index (Phi) is 4.94. The van der Waals surface area contributed by atoms with Gasteiger partial charge in [0.1, 0.15) is 5.75 Å². The molecule has 5 heteroatoms. The minimum absolute atomic E-state index is 0.0824. The summed E-state index contributed by atoms with van der Waals surface area (Å²) in [6.07, 6.45) is 4.08. The maximum Gasteiger partial charge on any atom is 0.241 e. The lowest BCUT2D eigenvalue weighted by molar-refractivity contribution is 0.406. The molecule has 0 spiro atoms. The summed E-state index contributed by atoms with van der Waals surface area (Å²) in [5, 5.41) is 0. The van der Waals surface area contributed by atoms with Crippen LogP contribution >= 0.6 is 0 Å². The van der Waals surface area contributed by atoms with Gasteiger partial charge in [0.15, 0.2) is 0 Å². The lowest BCUT2D eigenvalue weighted by Crippen LogP contribution is -2.33. The number of methoxy groups -OCH3 is 1. The smallest absolute Gasteiger partial charge is 0.241 e. The van der Waals surface area contributed by atoms with Gasteiger partial charge >= 0.3 is 0 Å². The van der Waals surface area contributed by atoms with Crippen molar-refractivity contribution in [3.63, 3.8) is 0 Å². The minimum atomic E-state index is -3.46. The van der Waals surface area contributed by atoms with Crippen LogP contribution in [-0.4, -0.2) is 21.6 Å². The van der Waals surface area contributed by atoms with Crippen LogP contribution < -0.4 is 9.46 Å². The number of rotatable bonds is 5. The Labute approximate surface area is 127 Å². The van der Waals surface area contributed by atoms with Crippen molar-refractivity contribution in [1.82, 2.24) is 4.72 Å². The summed E-state index contributed by atoms with van der Waals surface area (Å²) in [6.45, 7) is 5.89. The molecule has 0 amide bonds. The number of nitrogens with one attached hydrogen (secondary N) is 1. The number of sulfonamides is 1. The molecule has 1 aliphatic carbocycles. The van der Waals surface area contributed by atoms with Crippen LogP contribution in [0.2, 0.25) is 0 Å². The van der Waals surface area contributed by atoms with E-state index in [1.54, 1.807) is 13.2 Å². The Morgan fingerprint density at radius 3 is 2.38 bits per heavy atom. The number of ether oxygens (including phenoxy) is 1. The molecule has 21 heavy (non-hydrogen) atoms. The average molecular weight is 311 g/mol. The lowest BCUT2D eigenvalue weighted by Gasteiger charge is -2.18. The fraction of sp³-hybridized carbons (Fsp3) is 0.625. The SMILES string of the molecule is COc1cc(C)c(S(=O)(=O)NC2CCCC2)cc1C(C)C. The van der Waals surface area contributed by atoms with Gasteiger partial charge in [0.2, 0.25) is 10.0 Å². The first kappa shape index (κ1) is 16.3. The van der Waals surface area contributed by atoms with Gasteiger partial charge in [-0.2, -0.15) is 0 Å². The van der Waals surface area contributed by atoms with E-state index in [0.29, 0.717) is 4.90 Å². The summed E-state index contributed by atoms with van der Waals surface area (Å²) in [7, 11) is -1.84. The van der Waals surface area contributed by atoms with Gasteiger partial charge in [0, 0.05) is 6.04 Å². The van der Waals surface area contributed by atoms with E-state index < -0.39 is 10.0 Å². The molecule has 1 aromatic rings. The van der Waals surface area contributed by atoms with Crippen molar-refractivity contribution >= 4 is 10.0 Å². The molecule has 118 valence electrons. The molecular formula is C16H25NO3S. The number of hydrogen-bond acceptors (Lipinski definition) is 3. The Balaban J connectivity index is 2.39. The highest BCUT2D eigenvalue weighted by atomic mass is 32.2. The van der Waals surface area contributed by atoms with E-state index in [9.17, 15) is 8.42 Å². The Bertz CT molecular complexity index is 602. The molecule has 0 bridgehead atoms. The van der Waals surface area contributed by atoms with Crippen molar-refractivity contribution in [1.29, 1.82) is 0 Å². The molecule has 1 aromatic carbocycles. The largest absolute Gasteiger partial charge is 0.496 e. The summed E-state index contributed by atoms with van der Waals surface area (Å²) in [4.78, 5) is 0.374. The summed E-state index contributed by atoms with van der Waals surface area (Å²) >= 11 is 0. The van der Waals surface area contributed by atoms with Crippen LogP contribution in [0.5, 0.6) is 5.75 Å². The van der Waals surface area contributed by atoms with Crippen molar-refractivity contribution in [2.75, 3.05) is 7.11 Å². The Hall–Kier alpha value is -1.07. The van der Waals surface area contributed by atoms with Gasteiger partial charge in [-0.3, -0.25) is 0 Å². The molecule has 0 unspecified atom stereocenters. The summed E-state index contributed by atoms with van der Waals surface area (Å²) < 4.78 is 33.5. The van der Waals surface area contributed by atoms with Gasteiger partial charge in [-0.25, -0.2) is 13.1 Å². The molecule has 0 heterocycles. The molecule has 0 aromatic heterocycles. The molecule has 1 aliphatic rings. The predicted octanol–water partition coefficient (Wildman–Crippen LogP) is 3.35. The second-order valence-corrected chi connectivity index (χ2v) is 7.80. The molecule has 1 N–H and O–H groups in total. The zero-order valence-electron chi connectivity index (χ0n) is 13.3. The quantitative estimate of drug-likeness (QED) is 0.907. The predicted molar refractivity (Wildman–Crippen MR) is 84.4 cm³/mol. The van der Waals surface area contributed by atoms with Crippen LogP contribution in [0, 0.1) is 6.92 Å². The summed E-state index contributed by atoms with van der Waals surface area (Å²) in [6, 6.07) is 3.66. The van der Waals surface area contributed by atoms with Gasteiger partial charge in [0.25, 0.3) is 0 Å². The van der Waals surface area contributed by atoms with Crippen molar-refractivity contribution < 1.29 is 13.2 Å². The Morgan fingerprint density at radius 1 is 1.24 bits per heavy atom. The molecule has 0 radical (unpaired) electrons. The average Bonchev–Trinajstić information content (AvgIpc) is 2.89. The van der Waals surface area contributed by atoms with Gasteiger partial charge in [0.05, 0.1) is 12.0 Å². The zero-order valence-corrected chi connectivity index (χ0v) is 14.1. The van der Waals surface area contributed by atoms with Crippen molar-refractivity contribution in [2.24, 2.45) is 0 Å². The fourth-order valence-corrected chi connectivity index (χ4v) is 4.49. The summed E-state index contributed by atoms with van der Waals surface area (Å²) in [5.41, 5.74) is 1.65. The monoisotopic (exact) mass is 311 g/mol. The van der Waals surface area contributed by atoms with Crippen LogP contribution in [0.3, 0.4) is 0 Å². The number of benzene rings is 1. The van der Waals surface area contributed by atoms with Gasteiger partial charge < -0.3 is 4.74 Å². The maximum absolute atomic E-state index is 12.6. The van der Waals surface area contributed by atoms with E-state index in [-0.39, 0.29) is 12.0 Å². The highest BCUT2D eigenvalue weighted by Gasteiger charge is 2.25. The Morgan fingerprint density at radius 2 is 1.86 bits per heavy atom. The van der Waals surface area contributed by atoms with Gasteiger partial charge in [-0.05, 0) is 48.9 Å². The van der Waals surface area contributed by atoms with E-state index in [1.165, 1.54) is 0 Å². The highest BCUT2D eigenvalue weighted by Crippen LogP contribution is 2.32. The van der Waals surface area contributed by atoms with Crippen LogP contribution in [0.25, 0.3) is 0 Å². The molecule has 0 aliphatic heterocycles. The molecule has 1 fully saturated rings. The third-order valence-electron chi connectivity index (χ3n) is 4.12. The van der Waals surface area contributed by atoms with Crippen LogP contribution in [-0.2, 0) is 10.0 Å². The molecule has 0 atom stereocenters. The van der Waals surface area contributed by atoms with Gasteiger partial charge in [-0.15, -0.1) is 0 Å². The third-order valence-corrected chi connectivity index (χ3v) is 5.78. The maximum atomic E-state index is 12.6. The number of aryl methyl sites for hydroxylation is 1. The van der Waals surface area contributed by atoms with Crippen molar-refractivity contribution in [3.8, 4) is 5.75 Å². The van der Waals surface area contributed by atoms with Crippen LogP contribution in [0.4, 0.5) is 0 Å². The second kappa shape index (κ2) is 6.36. The normalized spacial score (nSPS) is 16.6. The molecular weight excluding hydrogens is 286 g/mol. The van der Waals surface area contributed by atoms with Crippen molar-refractivity contribution in [2.45, 2.75) is 63.3 Å². The molecule has 0 saturated heterocycles. The van der Waals surface area contributed by atoms with Crippen molar-refractivity contribution in [3.05, 3.63) is 23.3 Å². The number of hydrogen-bond donors (Lipinski definition) is 1. The highest BCUT2D eigenvalue weighted by molar-refractivity contribution is 7.89. The molecule has 2 rings (SSSR count). The first-order chi connectivity index (χ1) is 9.85. The molecule has 1 saturated carbocycles. The first-order valence-corrected chi connectivity index (χ1v) is 9.04. The molecule has 4 nitrogen and oxygen atoms in total. The van der Waals surface area contributed by atoms with E-state index >= 15 is 0 Å². The summed E-state index contributed by atoms with van der Waals surface area (Å²) in [5.74, 6) is 0.961. The van der Waals surface area contributed by atoms with E-state index in [4.69, 9.17) is 4.74 Å².